The second-order valence-corrected chi connectivity index (χ2v) is 3.82. The van der Waals surface area contributed by atoms with Gasteiger partial charge in [-0.1, -0.05) is 31.0 Å². The highest BCUT2D eigenvalue weighted by atomic mass is 16.1. The van der Waals surface area contributed by atoms with Gasteiger partial charge in [0.1, 0.15) is 0 Å². The molecule has 0 amide bonds. The topological polar surface area (TPSA) is 17.1 Å². The van der Waals surface area contributed by atoms with Gasteiger partial charge in [0.15, 0.2) is 5.78 Å². The van der Waals surface area contributed by atoms with E-state index in [-0.39, 0.29) is 5.78 Å². The van der Waals surface area contributed by atoms with Crippen molar-refractivity contribution in [3.8, 4) is 0 Å². The Morgan fingerprint density at radius 1 is 1.36 bits per heavy atom. The molecular formula is C13H18O. The minimum absolute atomic E-state index is 0.180. The Morgan fingerprint density at radius 2 is 2.07 bits per heavy atom. The van der Waals surface area contributed by atoms with Gasteiger partial charge in [-0.25, -0.2) is 0 Å². The maximum atomic E-state index is 11.4. The summed E-state index contributed by atoms with van der Waals surface area (Å²) in [7, 11) is 0. The lowest BCUT2D eigenvalue weighted by atomic mass is 9.98. The van der Waals surface area contributed by atoms with Crippen molar-refractivity contribution >= 4 is 5.78 Å². The lowest BCUT2D eigenvalue weighted by molar-refractivity contribution is 0.101. The third kappa shape index (κ3) is 2.69. The molecule has 0 saturated heterocycles. The van der Waals surface area contributed by atoms with Gasteiger partial charge in [0.05, 0.1) is 0 Å². The van der Waals surface area contributed by atoms with Crippen LogP contribution in [0.3, 0.4) is 0 Å². The van der Waals surface area contributed by atoms with Gasteiger partial charge in [0.25, 0.3) is 0 Å². The zero-order valence-corrected chi connectivity index (χ0v) is 9.26. The molecule has 14 heavy (non-hydrogen) atoms. The van der Waals surface area contributed by atoms with Gasteiger partial charge < -0.3 is 0 Å². The van der Waals surface area contributed by atoms with Gasteiger partial charge in [0, 0.05) is 5.56 Å². The van der Waals surface area contributed by atoms with E-state index in [1.54, 1.807) is 6.92 Å². The molecule has 1 heteroatoms. The summed E-state index contributed by atoms with van der Waals surface area (Å²) in [4.78, 5) is 11.4. The SMILES string of the molecule is CCCCc1ccc(C)cc1C(C)=O. The van der Waals surface area contributed by atoms with Crippen LogP contribution in [0.15, 0.2) is 18.2 Å². The van der Waals surface area contributed by atoms with Crippen molar-refractivity contribution < 1.29 is 4.79 Å². The maximum absolute atomic E-state index is 11.4. The van der Waals surface area contributed by atoms with Crippen LogP contribution in [0, 0.1) is 6.92 Å². The first-order valence-electron chi connectivity index (χ1n) is 5.25. The number of unbranched alkanes of at least 4 members (excludes halogenated alkanes) is 1. The van der Waals surface area contributed by atoms with E-state index in [0.717, 1.165) is 24.0 Å². The molecule has 0 bridgehead atoms. The van der Waals surface area contributed by atoms with E-state index >= 15 is 0 Å². The molecule has 0 aromatic heterocycles. The summed E-state index contributed by atoms with van der Waals surface area (Å²) in [6.45, 7) is 5.84. The largest absolute Gasteiger partial charge is 0.295 e. The molecule has 0 saturated carbocycles. The predicted octanol–water partition coefficient (Wildman–Crippen LogP) is 3.54. The normalized spacial score (nSPS) is 10.2. The monoisotopic (exact) mass is 190 g/mol. The minimum atomic E-state index is 0.180. The quantitative estimate of drug-likeness (QED) is 0.664. The lowest BCUT2D eigenvalue weighted by Crippen LogP contribution is -2.00. The number of carbonyl (C=O) groups is 1. The van der Waals surface area contributed by atoms with E-state index in [4.69, 9.17) is 0 Å². The molecule has 0 heterocycles. The van der Waals surface area contributed by atoms with Crippen LogP contribution in [0.5, 0.6) is 0 Å². The Morgan fingerprint density at radius 3 is 2.64 bits per heavy atom. The van der Waals surface area contributed by atoms with E-state index in [1.807, 2.05) is 13.0 Å². The van der Waals surface area contributed by atoms with E-state index < -0.39 is 0 Å². The van der Waals surface area contributed by atoms with Gasteiger partial charge in [0.2, 0.25) is 0 Å². The summed E-state index contributed by atoms with van der Waals surface area (Å²) in [6.07, 6.45) is 3.35. The number of carbonyl (C=O) groups excluding carboxylic acids is 1. The number of benzene rings is 1. The maximum Gasteiger partial charge on any atom is 0.160 e. The Hall–Kier alpha value is -1.11. The second-order valence-electron chi connectivity index (χ2n) is 3.82. The summed E-state index contributed by atoms with van der Waals surface area (Å²) in [6, 6.07) is 6.16. The van der Waals surface area contributed by atoms with Crippen LogP contribution in [0.25, 0.3) is 0 Å². The van der Waals surface area contributed by atoms with Crippen LogP contribution in [-0.4, -0.2) is 5.78 Å². The Kier molecular flexibility index (Phi) is 3.87. The predicted molar refractivity (Wildman–Crippen MR) is 59.8 cm³/mol. The number of Topliss-reactive ketones (excluding diaryl/α,β-unsaturated/α-hetero) is 1. The highest BCUT2D eigenvalue weighted by Gasteiger charge is 2.06. The van der Waals surface area contributed by atoms with Crippen molar-refractivity contribution in [2.75, 3.05) is 0 Å². The molecule has 0 fully saturated rings. The Balaban J connectivity index is 2.96. The molecule has 76 valence electrons. The zero-order chi connectivity index (χ0) is 10.6. The number of hydrogen-bond acceptors (Lipinski definition) is 1. The Labute approximate surface area is 86.1 Å². The molecule has 0 aliphatic rings. The average Bonchev–Trinajstić information content (AvgIpc) is 2.15. The van der Waals surface area contributed by atoms with Crippen molar-refractivity contribution in [3.63, 3.8) is 0 Å². The van der Waals surface area contributed by atoms with Crippen molar-refractivity contribution in [3.05, 3.63) is 34.9 Å². The van der Waals surface area contributed by atoms with Crippen molar-refractivity contribution in [1.82, 2.24) is 0 Å². The first kappa shape index (κ1) is 11.0. The molecule has 1 rings (SSSR count). The molecule has 1 nitrogen and oxygen atoms in total. The fourth-order valence-corrected chi connectivity index (χ4v) is 1.60. The van der Waals surface area contributed by atoms with Crippen molar-refractivity contribution in [1.29, 1.82) is 0 Å². The van der Waals surface area contributed by atoms with Gasteiger partial charge in [-0.2, -0.15) is 0 Å². The summed E-state index contributed by atoms with van der Waals surface area (Å²) < 4.78 is 0. The highest BCUT2D eigenvalue weighted by molar-refractivity contribution is 5.95. The van der Waals surface area contributed by atoms with Crippen LogP contribution < -0.4 is 0 Å². The summed E-state index contributed by atoms with van der Waals surface area (Å²) in [5.74, 6) is 0.180. The second kappa shape index (κ2) is 4.94. The molecule has 1 aromatic rings. The van der Waals surface area contributed by atoms with Crippen molar-refractivity contribution in [2.24, 2.45) is 0 Å². The van der Waals surface area contributed by atoms with E-state index in [1.165, 1.54) is 12.0 Å². The third-order valence-corrected chi connectivity index (χ3v) is 2.44. The summed E-state index contributed by atoms with van der Waals surface area (Å²) in [5, 5.41) is 0. The molecule has 0 aliphatic heterocycles. The standard InChI is InChI=1S/C13H18O/c1-4-5-6-12-8-7-10(2)9-13(12)11(3)14/h7-9H,4-6H2,1-3H3. The summed E-state index contributed by atoms with van der Waals surface area (Å²) >= 11 is 0. The van der Waals surface area contributed by atoms with E-state index in [9.17, 15) is 4.79 Å². The van der Waals surface area contributed by atoms with Crippen LogP contribution in [0.4, 0.5) is 0 Å². The third-order valence-electron chi connectivity index (χ3n) is 2.44. The van der Waals surface area contributed by atoms with Gasteiger partial charge >= 0.3 is 0 Å². The van der Waals surface area contributed by atoms with E-state index in [0.29, 0.717) is 0 Å². The zero-order valence-electron chi connectivity index (χ0n) is 9.26. The van der Waals surface area contributed by atoms with E-state index in [2.05, 4.69) is 19.1 Å². The molecule has 0 aliphatic carbocycles. The van der Waals surface area contributed by atoms with Crippen LogP contribution in [0.1, 0.15) is 48.2 Å². The molecule has 0 unspecified atom stereocenters. The summed E-state index contributed by atoms with van der Waals surface area (Å²) in [5.41, 5.74) is 3.26. The first-order chi connectivity index (χ1) is 6.65. The molecule has 0 radical (unpaired) electrons. The van der Waals surface area contributed by atoms with Crippen LogP contribution in [-0.2, 0) is 6.42 Å². The van der Waals surface area contributed by atoms with Gasteiger partial charge in [-0.3, -0.25) is 4.79 Å². The Bertz CT molecular complexity index is 326. The van der Waals surface area contributed by atoms with Gasteiger partial charge in [-0.05, 0) is 38.3 Å². The smallest absolute Gasteiger partial charge is 0.160 e. The number of ketones is 1. The molecular weight excluding hydrogens is 172 g/mol. The molecule has 0 N–H and O–H groups in total. The van der Waals surface area contributed by atoms with Crippen LogP contribution >= 0.6 is 0 Å². The van der Waals surface area contributed by atoms with Crippen molar-refractivity contribution in [2.45, 2.75) is 40.0 Å². The number of hydrogen-bond donors (Lipinski definition) is 0. The fourth-order valence-electron chi connectivity index (χ4n) is 1.60. The molecule has 1 aromatic carbocycles. The minimum Gasteiger partial charge on any atom is -0.295 e. The molecule has 0 atom stereocenters. The lowest BCUT2D eigenvalue weighted by Gasteiger charge is -2.07. The highest BCUT2D eigenvalue weighted by Crippen LogP contribution is 2.15. The molecule has 0 spiro atoms. The van der Waals surface area contributed by atoms with Crippen LogP contribution in [0.2, 0.25) is 0 Å². The number of rotatable bonds is 4. The van der Waals surface area contributed by atoms with Gasteiger partial charge in [-0.15, -0.1) is 0 Å². The number of aryl methyl sites for hydroxylation is 2. The average molecular weight is 190 g/mol. The fraction of sp³-hybridized carbons (Fsp3) is 0.462. The first-order valence-corrected chi connectivity index (χ1v) is 5.25.